The van der Waals surface area contributed by atoms with Crippen molar-refractivity contribution >= 4 is 38.4 Å². The van der Waals surface area contributed by atoms with Gasteiger partial charge in [-0.1, -0.05) is 31.7 Å². The van der Waals surface area contributed by atoms with Crippen LogP contribution in [0, 0.1) is 0 Å². The summed E-state index contributed by atoms with van der Waals surface area (Å²) in [6.45, 7) is 0. The standard InChI is InChI=1S/C16H18N2O6S.CH4/c1-18(2)13-7-3-6-11-10(13)5-4-8-14(11)25(23,24)17-12(16(21)22)9-15(19)20;/h3-8,12,17H,9H2,1-2H3,(H,19,20)(H,21,22);1H4/t12-;/m0./s1. The molecule has 0 heterocycles. The van der Waals surface area contributed by atoms with Crippen molar-refractivity contribution in [1.29, 1.82) is 0 Å². The second-order valence-electron chi connectivity index (χ2n) is 5.63. The van der Waals surface area contributed by atoms with E-state index in [1.165, 1.54) is 6.07 Å². The van der Waals surface area contributed by atoms with E-state index in [1.807, 2.05) is 29.8 Å². The maximum atomic E-state index is 12.6. The minimum Gasteiger partial charge on any atom is -0.481 e. The van der Waals surface area contributed by atoms with E-state index >= 15 is 0 Å². The van der Waals surface area contributed by atoms with E-state index in [4.69, 9.17) is 10.2 Å². The van der Waals surface area contributed by atoms with Gasteiger partial charge in [0.05, 0.1) is 11.3 Å². The number of hydrogen-bond acceptors (Lipinski definition) is 5. The van der Waals surface area contributed by atoms with Gasteiger partial charge in [-0.15, -0.1) is 0 Å². The van der Waals surface area contributed by atoms with Crippen LogP contribution in [0.1, 0.15) is 13.8 Å². The first-order valence-corrected chi connectivity index (χ1v) is 8.78. The number of carbonyl (C=O) groups is 2. The molecule has 0 saturated carbocycles. The molecular formula is C17H22N2O6S. The number of fused-ring (bicyclic) bond motifs is 1. The van der Waals surface area contributed by atoms with E-state index in [0.717, 1.165) is 5.69 Å². The molecule has 2 aromatic rings. The number of carboxylic acids is 2. The average molecular weight is 382 g/mol. The highest BCUT2D eigenvalue weighted by Gasteiger charge is 2.28. The fourth-order valence-corrected chi connectivity index (χ4v) is 3.90. The van der Waals surface area contributed by atoms with E-state index < -0.39 is 34.4 Å². The van der Waals surface area contributed by atoms with Crippen molar-refractivity contribution in [3.05, 3.63) is 36.4 Å². The molecule has 0 saturated heterocycles. The van der Waals surface area contributed by atoms with Gasteiger partial charge in [0.2, 0.25) is 10.0 Å². The number of hydrogen-bond donors (Lipinski definition) is 3. The quantitative estimate of drug-likeness (QED) is 0.666. The van der Waals surface area contributed by atoms with Crippen LogP contribution in [0.5, 0.6) is 0 Å². The molecule has 2 rings (SSSR count). The first-order chi connectivity index (χ1) is 11.6. The fourth-order valence-electron chi connectivity index (χ4n) is 2.49. The number of benzene rings is 2. The Hall–Kier alpha value is -2.65. The van der Waals surface area contributed by atoms with Gasteiger partial charge in [0.25, 0.3) is 0 Å². The molecule has 2 aromatic carbocycles. The van der Waals surface area contributed by atoms with Crippen LogP contribution in [0.15, 0.2) is 41.3 Å². The lowest BCUT2D eigenvalue weighted by Crippen LogP contribution is -2.42. The minimum atomic E-state index is -4.23. The third kappa shape index (κ3) is 4.50. The fraction of sp³-hybridized carbons (Fsp3) is 0.294. The van der Waals surface area contributed by atoms with Crippen molar-refractivity contribution in [3.63, 3.8) is 0 Å². The van der Waals surface area contributed by atoms with Crippen LogP contribution in [0.25, 0.3) is 10.8 Å². The first kappa shape index (κ1) is 21.4. The van der Waals surface area contributed by atoms with Crippen LogP contribution in [-0.4, -0.2) is 50.7 Å². The molecule has 0 bridgehead atoms. The Morgan fingerprint density at radius 3 is 2.19 bits per heavy atom. The maximum Gasteiger partial charge on any atom is 0.322 e. The van der Waals surface area contributed by atoms with Crippen LogP contribution in [-0.2, 0) is 19.6 Å². The molecule has 0 aliphatic rings. The smallest absolute Gasteiger partial charge is 0.322 e. The zero-order valence-corrected chi connectivity index (χ0v) is 14.4. The molecule has 0 radical (unpaired) electrons. The molecule has 0 fully saturated rings. The molecule has 8 nitrogen and oxygen atoms in total. The van der Waals surface area contributed by atoms with E-state index in [9.17, 15) is 18.0 Å². The van der Waals surface area contributed by atoms with Gasteiger partial charge in [0.1, 0.15) is 6.04 Å². The highest BCUT2D eigenvalue weighted by Crippen LogP contribution is 2.30. The Labute approximate surface area is 152 Å². The predicted octanol–water partition coefficient (Wildman–Crippen LogP) is 1.75. The summed E-state index contributed by atoms with van der Waals surface area (Å²) in [4.78, 5) is 23.6. The van der Waals surface area contributed by atoms with Crippen molar-refractivity contribution in [3.8, 4) is 0 Å². The molecule has 1 atom stereocenters. The molecule has 142 valence electrons. The van der Waals surface area contributed by atoms with E-state index in [0.29, 0.717) is 10.8 Å². The Bertz CT molecular complexity index is 924. The summed E-state index contributed by atoms with van der Waals surface area (Å²) < 4.78 is 27.2. The lowest BCUT2D eigenvalue weighted by Gasteiger charge is -2.18. The summed E-state index contributed by atoms with van der Waals surface area (Å²) in [6, 6.07) is 8.05. The number of anilines is 1. The highest BCUT2D eigenvalue weighted by atomic mass is 32.2. The van der Waals surface area contributed by atoms with Gasteiger partial charge in [0, 0.05) is 30.6 Å². The maximum absolute atomic E-state index is 12.6. The van der Waals surface area contributed by atoms with Gasteiger partial charge < -0.3 is 15.1 Å². The Morgan fingerprint density at radius 1 is 1.08 bits per heavy atom. The van der Waals surface area contributed by atoms with Gasteiger partial charge in [-0.2, -0.15) is 4.72 Å². The third-order valence-electron chi connectivity index (χ3n) is 3.60. The largest absolute Gasteiger partial charge is 0.481 e. The van der Waals surface area contributed by atoms with E-state index in [1.54, 1.807) is 24.3 Å². The van der Waals surface area contributed by atoms with Crippen LogP contribution >= 0.6 is 0 Å². The van der Waals surface area contributed by atoms with Gasteiger partial charge in [-0.05, 0) is 12.1 Å². The summed E-state index contributed by atoms with van der Waals surface area (Å²) in [6.07, 6.45) is -0.859. The number of sulfonamides is 1. The molecule has 0 unspecified atom stereocenters. The number of carboxylic acid groups (broad SMARTS) is 2. The van der Waals surface area contributed by atoms with Crippen molar-refractivity contribution < 1.29 is 28.2 Å². The first-order valence-electron chi connectivity index (χ1n) is 7.29. The van der Waals surface area contributed by atoms with Crippen molar-refractivity contribution in [2.24, 2.45) is 0 Å². The summed E-state index contributed by atoms with van der Waals surface area (Å²) >= 11 is 0. The van der Waals surface area contributed by atoms with Gasteiger partial charge in [0.15, 0.2) is 0 Å². The molecule has 9 heteroatoms. The second kappa shape index (κ2) is 8.15. The Kier molecular flexibility index (Phi) is 6.71. The van der Waals surface area contributed by atoms with Gasteiger partial charge in [-0.3, -0.25) is 9.59 Å². The molecule has 0 spiro atoms. The number of aliphatic carboxylic acids is 2. The summed E-state index contributed by atoms with van der Waals surface area (Å²) in [5.41, 5.74) is 0.801. The summed E-state index contributed by atoms with van der Waals surface area (Å²) in [5, 5.41) is 18.9. The van der Waals surface area contributed by atoms with Crippen LogP contribution in [0.2, 0.25) is 0 Å². The Morgan fingerprint density at radius 2 is 1.65 bits per heavy atom. The van der Waals surface area contributed by atoms with Crippen LogP contribution in [0.4, 0.5) is 5.69 Å². The van der Waals surface area contributed by atoms with Crippen LogP contribution < -0.4 is 9.62 Å². The molecule has 3 N–H and O–H groups in total. The summed E-state index contributed by atoms with van der Waals surface area (Å²) in [7, 11) is -0.590. The average Bonchev–Trinajstić information content (AvgIpc) is 2.52. The zero-order valence-electron chi connectivity index (χ0n) is 13.6. The lowest BCUT2D eigenvalue weighted by molar-refractivity contribution is -0.145. The normalized spacial score (nSPS) is 12.2. The van der Waals surface area contributed by atoms with Gasteiger partial charge >= 0.3 is 11.9 Å². The third-order valence-corrected chi connectivity index (χ3v) is 5.13. The molecule has 26 heavy (non-hydrogen) atoms. The number of nitrogens with one attached hydrogen (secondary N) is 1. The van der Waals surface area contributed by atoms with Gasteiger partial charge in [-0.25, -0.2) is 8.42 Å². The number of rotatable bonds is 7. The van der Waals surface area contributed by atoms with Crippen molar-refractivity contribution in [1.82, 2.24) is 4.72 Å². The van der Waals surface area contributed by atoms with E-state index in [2.05, 4.69) is 0 Å². The van der Waals surface area contributed by atoms with E-state index in [-0.39, 0.29) is 12.3 Å². The second-order valence-corrected chi connectivity index (χ2v) is 7.32. The highest BCUT2D eigenvalue weighted by molar-refractivity contribution is 7.89. The van der Waals surface area contributed by atoms with Crippen molar-refractivity contribution in [2.45, 2.75) is 24.8 Å². The molecule has 0 aliphatic heterocycles. The minimum absolute atomic E-state index is 0. The van der Waals surface area contributed by atoms with Crippen LogP contribution in [0.3, 0.4) is 0 Å². The SMILES string of the molecule is C.CN(C)c1cccc2c(S(=O)(=O)N[C@@H](CC(=O)O)C(=O)O)cccc12. The summed E-state index contributed by atoms with van der Waals surface area (Å²) in [5.74, 6) is -2.97. The number of nitrogens with zero attached hydrogens (tertiary/aromatic N) is 1. The molecular weight excluding hydrogens is 360 g/mol. The molecule has 0 amide bonds. The zero-order chi connectivity index (χ0) is 18.8. The monoisotopic (exact) mass is 382 g/mol. The lowest BCUT2D eigenvalue weighted by atomic mass is 10.1. The van der Waals surface area contributed by atoms with Crippen molar-refractivity contribution in [2.75, 3.05) is 19.0 Å². The molecule has 0 aliphatic carbocycles. The Balaban J connectivity index is 0.00000338. The topological polar surface area (TPSA) is 124 Å². The predicted molar refractivity (Wildman–Crippen MR) is 99.0 cm³/mol. The molecule has 0 aromatic heterocycles.